The van der Waals surface area contributed by atoms with Gasteiger partial charge in [-0.05, 0) is 127 Å². The Hall–Kier alpha value is -9.50. The lowest BCUT2D eigenvalue weighted by Gasteiger charge is -2.42. The first-order chi connectivity index (χ1) is 37.6. The number of anilines is 3. The molecule has 0 aliphatic heterocycles. The molecule has 76 heavy (non-hydrogen) atoms. The topological polar surface area (TPSA) is 8.17 Å². The van der Waals surface area contributed by atoms with E-state index in [1.54, 1.807) is 0 Å². The summed E-state index contributed by atoms with van der Waals surface area (Å²) in [4.78, 5) is 2.40. The number of rotatable bonds is 10. The molecule has 0 amide bonds. The van der Waals surface area contributed by atoms with E-state index in [4.69, 9.17) is 0 Å². The average Bonchev–Trinajstić information content (AvgIpc) is 4.18. The van der Waals surface area contributed by atoms with Crippen LogP contribution in [0.25, 0.3) is 72.0 Å². The first-order valence-corrected chi connectivity index (χ1v) is 26.5. The maximum Gasteiger partial charge on any atom is 0.0547 e. The number of para-hydroxylation sites is 2. The van der Waals surface area contributed by atoms with Gasteiger partial charge in [-0.15, -0.1) is 0 Å². The monoisotopic (exact) mass is 970 g/mol. The summed E-state index contributed by atoms with van der Waals surface area (Å²) in [7, 11) is 0. The van der Waals surface area contributed by atoms with Gasteiger partial charge in [0.1, 0.15) is 0 Å². The lowest BCUT2D eigenvalue weighted by molar-refractivity contribution is 0.367. The molecule has 0 spiro atoms. The van der Waals surface area contributed by atoms with Crippen LogP contribution in [0, 0.1) is 5.92 Å². The van der Waals surface area contributed by atoms with Crippen molar-refractivity contribution in [2.45, 2.75) is 17.8 Å². The normalized spacial score (nSPS) is 16.3. The summed E-state index contributed by atoms with van der Waals surface area (Å²) < 4.78 is 2.53. The van der Waals surface area contributed by atoms with Crippen LogP contribution in [0.15, 0.2) is 303 Å². The zero-order chi connectivity index (χ0) is 50.6. The van der Waals surface area contributed by atoms with Crippen molar-refractivity contribution in [2.24, 2.45) is 5.92 Å². The Morgan fingerprint density at radius 3 is 1.49 bits per heavy atom. The van der Waals surface area contributed by atoms with Gasteiger partial charge in [0.15, 0.2) is 0 Å². The van der Waals surface area contributed by atoms with E-state index in [0.29, 0.717) is 0 Å². The fraction of sp³-hybridized carbons (Fsp3) is 0.0541. The van der Waals surface area contributed by atoms with Gasteiger partial charge in [-0.3, -0.25) is 0 Å². The van der Waals surface area contributed by atoms with Gasteiger partial charge < -0.3 is 9.47 Å². The Morgan fingerprint density at radius 2 is 0.842 bits per heavy atom. The van der Waals surface area contributed by atoms with Crippen molar-refractivity contribution in [1.29, 1.82) is 0 Å². The van der Waals surface area contributed by atoms with E-state index in [2.05, 4.69) is 320 Å². The molecular weight excluding hydrogens is 917 g/mol. The number of hydrogen-bond acceptors (Lipinski definition) is 1. The Balaban J connectivity index is 0.919. The summed E-state index contributed by atoms with van der Waals surface area (Å²) in [6.07, 6.45) is 7.51. The molecule has 2 heteroatoms. The van der Waals surface area contributed by atoms with Gasteiger partial charge in [0, 0.05) is 44.9 Å². The fourth-order valence-electron chi connectivity index (χ4n) is 13.0. The molecule has 0 fully saturated rings. The molecule has 1 aromatic heterocycles. The molecule has 1 heterocycles. The molecule has 2 aliphatic rings. The van der Waals surface area contributed by atoms with Crippen LogP contribution in [-0.4, -0.2) is 4.57 Å². The third-order valence-corrected chi connectivity index (χ3v) is 16.4. The van der Waals surface area contributed by atoms with Crippen LogP contribution < -0.4 is 4.90 Å². The lowest BCUT2D eigenvalue weighted by Crippen LogP contribution is -2.40. The predicted molar refractivity (Wildman–Crippen MR) is 319 cm³/mol. The van der Waals surface area contributed by atoms with E-state index in [9.17, 15) is 0 Å². The summed E-state index contributed by atoms with van der Waals surface area (Å²) in [5.74, 6) is 0.0794. The van der Waals surface area contributed by atoms with Gasteiger partial charge in [0.05, 0.1) is 16.4 Å². The zero-order valence-corrected chi connectivity index (χ0v) is 42.3. The molecule has 0 saturated carbocycles. The van der Waals surface area contributed by atoms with Crippen molar-refractivity contribution >= 4 is 44.6 Å². The molecule has 2 nitrogen and oxygen atoms in total. The predicted octanol–water partition coefficient (Wildman–Crippen LogP) is 19.3. The zero-order valence-electron chi connectivity index (χ0n) is 42.3. The first kappa shape index (κ1) is 45.1. The van der Waals surface area contributed by atoms with Gasteiger partial charge in [-0.25, -0.2) is 0 Å². The van der Waals surface area contributed by atoms with E-state index in [1.165, 1.54) is 88.7 Å². The Bertz CT molecular complexity index is 4070. The standard InChI is InChI=1S/C74H54N2/c1-73-45-44-62(51-72(73)74(58-29-11-4-12-30-58,59-31-13-5-14-32-59)69-40-21-20-39-68(69)73)76-70-41-22-19-38-66(70)67-43-42-55(50-71(67)76)65-37-18-17-36-64(65)54-28-23-35-61(47-54)75(60-33-15-6-16-34-60)63-48-56(52-24-7-2-8-25-52)46-57(49-63)53-26-9-3-10-27-53/h2-51,72H,1H3. The number of hydrogen-bond donors (Lipinski definition) is 0. The molecule has 12 aromatic rings. The van der Waals surface area contributed by atoms with E-state index >= 15 is 0 Å². The molecule has 2 atom stereocenters. The van der Waals surface area contributed by atoms with Crippen LogP contribution in [0.2, 0.25) is 0 Å². The number of allylic oxidation sites excluding steroid dienone is 4. The van der Waals surface area contributed by atoms with E-state index < -0.39 is 5.41 Å². The third-order valence-electron chi connectivity index (χ3n) is 16.4. The van der Waals surface area contributed by atoms with Crippen LogP contribution in [0.5, 0.6) is 0 Å². The maximum atomic E-state index is 2.61. The summed E-state index contributed by atoms with van der Waals surface area (Å²) >= 11 is 0. The second kappa shape index (κ2) is 18.5. The second-order valence-corrected chi connectivity index (χ2v) is 20.6. The molecule has 14 rings (SSSR count). The van der Waals surface area contributed by atoms with Gasteiger partial charge in [0.25, 0.3) is 0 Å². The molecule has 2 unspecified atom stereocenters. The number of aromatic nitrogens is 1. The van der Waals surface area contributed by atoms with Crippen molar-refractivity contribution in [3.63, 3.8) is 0 Å². The largest absolute Gasteiger partial charge is 0.310 e. The minimum atomic E-state index is -0.424. The minimum Gasteiger partial charge on any atom is -0.310 e. The average molecular weight is 971 g/mol. The SMILES string of the molecule is CC12C=CC(n3c4ccccc4c4ccc(-c5ccccc5-c5cccc(N(c6ccccc6)c6cc(-c7ccccc7)cc(-c7ccccc7)c6)c5)cc43)=CC1C(c1ccccc1)(c1ccccc1)c1ccccc12. The molecular formula is C74H54N2. The highest BCUT2D eigenvalue weighted by molar-refractivity contribution is 6.12. The summed E-state index contributed by atoms with van der Waals surface area (Å²) in [5, 5.41) is 2.48. The molecule has 2 aliphatic carbocycles. The molecule has 0 N–H and O–H groups in total. The van der Waals surface area contributed by atoms with Crippen LogP contribution >= 0.6 is 0 Å². The van der Waals surface area contributed by atoms with Crippen molar-refractivity contribution in [2.75, 3.05) is 4.90 Å². The summed E-state index contributed by atoms with van der Waals surface area (Å²) in [6, 6.07) is 105. The van der Waals surface area contributed by atoms with E-state index in [0.717, 1.165) is 22.6 Å². The Kier molecular flexibility index (Phi) is 11.0. The lowest BCUT2D eigenvalue weighted by atomic mass is 9.59. The van der Waals surface area contributed by atoms with Crippen molar-refractivity contribution in [3.05, 3.63) is 326 Å². The highest BCUT2D eigenvalue weighted by Gasteiger charge is 2.58. The van der Waals surface area contributed by atoms with Gasteiger partial charge in [0.2, 0.25) is 0 Å². The number of nitrogens with zero attached hydrogens (tertiary/aromatic N) is 2. The van der Waals surface area contributed by atoms with Gasteiger partial charge >= 0.3 is 0 Å². The molecule has 0 saturated heterocycles. The highest BCUT2D eigenvalue weighted by atomic mass is 15.1. The number of benzene rings is 11. The summed E-state index contributed by atoms with van der Waals surface area (Å²) in [5.41, 5.74) is 20.9. The molecule has 11 aromatic carbocycles. The van der Waals surface area contributed by atoms with Crippen LogP contribution in [0.3, 0.4) is 0 Å². The van der Waals surface area contributed by atoms with E-state index in [-0.39, 0.29) is 11.3 Å². The van der Waals surface area contributed by atoms with Crippen molar-refractivity contribution in [3.8, 4) is 44.5 Å². The molecule has 0 bridgehead atoms. The van der Waals surface area contributed by atoms with Crippen LogP contribution in [0.1, 0.15) is 29.2 Å². The first-order valence-electron chi connectivity index (χ1n) is 26.5. The second-order valence-electron chi connectivity index (χ2n) is 20.6. The molecule has 0 radical (unpaired) electrons. The van der Waals surface area contributed by atoms with Crippen LogP contribution in [-0.2, 0) is 10.8 Å². The minimum absolute atomic E-state index is 0.0794. The van der Waals surface area contributed by atoms with Gasteiger partial charge in [-0.1, -0.05) is 250 Å². The quantitative estimate of drug-likeness (QED) is 0.133. The van der Waals surface area contributed by atoms with Crippen molar-refractivity contribution < 1.29 is 0 Å². The fourth-order valence-corrected chi connectivity index (χ4v) is 13.0. The van der Waals surface area contributed by atoms with E-state index in [1.807, 2.05) is 0 Å². The third kappa shape index (κ3) is 7.32. The highest BCUT2D eigenvalue weighted by Crippen LogP contribution is 2.63. The maximum absolute atomic E-state index is 2.61. The van der Waals surface area contributed by atoms with Crippen LogP contribution in [0.4, 0.5) is 17.1 Å². The Labute approximate surface area is 445 Å². The van der Waals surface area contributed by atoms with Crippen molar-refractivity contribution in [1.82, 2.24) is 4.57 Å². The smallest absolute Gasteiger partial charge is 0.0547 e. The summed E-state index contributed by atoms with van der Waals surface area (Å²) in [6.45, 7) is 2.45. The van der Waals surface area contributed by atoms with Gasteiger partial charge in [-0.2, -0.15) is 0 Å². The number of fused-ring (bicyclic) bond motifs is 6. The molecule has 360 valence electrons. The Morgan fingerprint density at radius 1 is 0.355 bits per heavy atom.